The fraction of sp³-hybridized carbons (Fsp3) is 0.538. The summed E-state index contributed by atoms with van der Waals surface area (Å²) in [5.41, 5.74) is 0.415. The van der Waals surface area contributed by atoms with E-state index >= 15 is 0 Å². The number of hydrogen-bond donors (Lipinski definition) is 1. The lowest BCUT2D eigenvalue weighted by molar-refractivity contribution is -0.131. The first kappa shape index (κ1) is 11.9. The summed E-state index contributed by atoms with van der Waals surface area (Å²) in [5.74, 6) is 0. The van der Waals surface area contributed by atoms with Crippen molar-refractivity contribution in [2.45, 2.75) is 37.4 Å². The monoisotopic (exact) mass is 240 g/mol. The minimum atomic E-state index is -0.566. The highest BCUT2D eigenvalue weighted by molar-refractivity contribution is 6.30. The van der Waals surface area contributed by atoms with E-state index in [2.05, 4.69) is 0 Å². The predicted molar refractivity (Wildman–Crippen MR) is 64.6 cm³/mol. The molecule has 0 unspecified atom stereocenters. The van der Waals surface area contributed by atoms with Gasteiger partial charge in [0.1, 0.15) is 5.60 Å². The number of ether oxygens (including phenoxy) is 1. The van der Waals surface area contributed by atoms with Gasteiger partial charge in [-0.1, -0.05) is 36.6 Å². The molecule has 2 rings (SSSR count). The van der Waals surface area contributed by atoms with Crippen molar-refractivity contribution in [2.75, 3.05) is 7.11 Å². The smallest absolute Gasteiger partial charge is 0.119 e. The molecule has 2 nitrogen and oxygen atoms in total. The summed E-state index contributed by atoms with van der Waals surface area (Å²) in [6, 6.07) is 7.60. The summed E-state index contributed by atoms with van der Waals surface area (Å²) in [6.07, 6.45) is 3.35. The van der Waals surface area contributed by atoms with Crippen LogP contribution in [0.5, 0.6) is 0 Å². The van der Waals surface area contributed by atoms with E-state index in [1.165, 1.54) is 0 Å². The minimum Gasteiger partial charge on any atom is -0.390 e. The molecule has 0 aliphatic heterocycles. The highest BCUT2D eigenvalue weighted by Gasteiger charge is 2.41. The normalized spacial score (nSPS) is 30.3. The van der Waals surface area contributed by atoms with Crippen molar-refractivity contribution in [3.8, 4) is 0 Å². The fourth-order valence-corrected chi connectivity index (χ4v) is 2.76. The van der Waals surface area contributed by atoms with Crippen LogP contribution >= 0.6 is 11.6 Å². The molecule has 0 bridgehead atoms. The van der Waals surface area contributed by atoms with Gasteiger partial charge in [-0.2, -0.15) is 0 Å². The van der Waals surface area contributed by atoms with E-state index in [4.69, 9.17) is 16.3 Å². The van der Waals surface area contributed by atoms with Gasteiger partial charge in [0.2, 0.25) is 0 Å². The van der Waals surface area contributed by atoms with Crippen LogP contribution in [0.4, 0.5) is 0 Å². The summed E-state index contributed by atoms with van der Waals surface area (Å²) in [4.78, 5) is 0. The van der Waals surface area contributed by atoms with Crippen LogP contribution in [-0.2, 0) is 10.3 Å². The quantitative estimate of drug-likeness (QED) is 0.861. The first-order chi connectivity index (χ1) is 7.69. The minimum absolute atomic E-state index is 0.440. The largest absolute Gasteiger partial charge is 0.390 e. The van der Waals surface area contributed by atoms with Gasteiger partial charge in [0.15, 0.2) is 0 Å². The van der Waals surface area contributed by atoms with Crippen LogP contribution in [0.1, 0.15) is 31.2 Å². The average molecular weight is 241 g/mol. The van der Waals surface area contributed by atoms with E-state index in [1.807, 2.05) is 24.3 Å². The second kappa shape index (κ2) is 4.74. The Balaban J connectivity index is 2.40. The molecule has 2 atom stereocenters. The van der Waals surface area contributed by atoms with Crippen LogP contribution < -0.4 is 0 Å². The van der Waals surface area contributed by atoms with Crippen molar-refractivity contribution in [1.82, 2.24) is 0 Å². The Bertz CT molecular complexity index is 367. The molecule has 88 valence electrons. The van der Waals surface area contributed by atoms with Crippen LogP contribution in [0.15, 0.2) is 24.3 Å². The number of benzene rings is 1. The molecule has 1 N–H and O–H groups in total. The van der Waals surface area contributed by atoms with E-state index < -0.39 is 11.7 Å². The lowest BCUT2D eigenvalue weighted by atomic mass is 9.77. The average Bonchev–Trinajstić information content (AvgIpc) is 2.30. The SMILES string of the molecule is CO[C@]1(c2cccc(Cl)c2)CCCC[C@@H]1O. The number of aliphatic hydroxyl groups excluding tert-OH is 1. The summed E-state index contributed by atoms with van der Waals surface area (Å²) in [5, 5.41) is 10.9. The fourth-order valence-electron chi connectivity index (χ4n) is 2.57. The molecule has 1 fully saturated rings. The Labute approximate surface area is 101 Å². The molecule has 3 heteroatoms. The van der Waals surface area contributed by atoms with Gasteiger partial charge in [-0.05, 0) is 30.5 Å². The molecular weight excluding hydrogens is 224 g/mol. The van der Waals surface area contributed by atoms with Crippen molar-refractivity contribution in [3.05, 3.63) is 34.9 Å². The maximum atomic E-state index is 10.2. The van der Waals surface area contributed by atoms with Crippen LogP contribution in [0.2, 0.25) is 5.02 Å². The molecule has 1 aliphatic rings. The lowest BCUT2D eigenvalue weighted by Crippen LogP contribution is -2.43. The third-order valence-corrected chi connectivity index (χ3v) is 3.73. The molecule has 1 aliphatic carbocycles. The Morgan fingerprint density at radius 3 is 2.88 bits per heavy atom. The topological polar surface area (TPSA) is 29.5 Å². The zero-order chi connectivity index (χ0) is 11.6. The zero-order valence-electron chi connectivity index (χ0n) is 9.45. The standard InChI is InChI=1S/C13H17ClO2/c1-16-13(8-3-2-7-12(13)15)10-5-4-6-11(14)9-10/h4-6,9,12,15H,2-3,7-8H2,1H3/t12-,13-/m0/s1. The number of methoxy groups -OCH3 is 1. The van der Waals surface area contributed by atoms with Crippen LogP contribution in [0.3, 0.4) is 0 Å². The number of rotatable bonds is 2. The van der Waals surface area contributed by atoms with Crippen molar-refractivity contribution in [1.29, 1.82) is 0 Å². The van der Waals surface area contributed by atoms with Crippen LogP contribution in [0, 0.1) is 0 Å². The summed E-state index contributed by atoms with van der Waals surface area (Å²) >= 11 is 5.99. The summed E-state index contributed by atoms with van der Waals surface area (Å²) in [7, 11) is 1.66. The third kappa shape index (κ3) is 1.97. The summed E-state index contributed by atoms with van der Waals surface area (Å²) < 4.78 is 5.62. The van der Waals surface area contributed by atoms with Crippen molar-refractivity contribution in [3.63, 3.8) is 0 Å². The molecule has 0 spiro atoms. The second-order valence-electron chi connectivity index (χ2n) is 4.37. The van der Waals surface area contributed by atoms with Crippen molar-refractivity contribution in [2.24, 2.45) is 0 Å². The summed E-state index contributed by atoms with van der Waals surface area (Å²) in [6.45, 7) is 0. The molecular formula is C13H17ClO2. The van der Waals surface area contributed by atoms with Gasteiger partial charge < -0.3 is 9.84 Å². The molecule has 0 amide bonds. The van der Waals surface area contributed by atoms with Crippen LogP contribution in [-0.4, -0.2) is 18.3 Å². The third-order valence-electron chi connectivity index (χ3n) is 3.49. The van der Waals surface area contributed by atoms with Gasteiger partial charge in [-0.15, -0.1) is 0 Å². The maximum absolute atomic E-state index is 10.2. The Morgan fingerprint density at radius 1 is 1.44 bits per heavy atom. The number of hydrogen-bond acceptors (Lipinski definition) is 2. The highest BCUT2D eigenvalue weighted by Crippen LogP contribution is 2.40. The Hall–Kier alpha value is -0.570. The molecule has 1 aromatic rings. The van der Waals surface area contributed by atoms with E-state index in [-0.39, 0.29) is 0 Å². The second-order valence-corrected chi connectivity index (χ2v) is 4.80. The van der Waals surface area contributed by atoms with Gasteiger partial charge >= 0.3 is 0 Å². The van der Waals surface area contributed by atoms with Crippen LogP contribution in [0.25, 0.3) is 0 Å². The number of halogens is 1. The van der Waals surface area contributed by atoms with Gasteiger partial charge in [0.25, 0.3) is 0 Å². The molecule has 0 radical (unpaired) electrons. The lowest BCUT2D eigenvalue weighted by Gasteiger charge is -2.40. The van der Waals surface area contributed by atoms with Crippen molar-refractivity contribution < 1.29 is 9.84 Å². The van der Waals surface area contributed by atoms with Gasteiger partial charge in [-0.3, -0.25) is 0 Å². The van der Waals surface area contributed by atoms with Gasteiger partial charge in [0.05, 0.1) is 6.10 Å². The highest BCUT2D eigenvalue weighted by atomic mass is 35.5. The molecule has 0 saturated heterocycles. The molecule has 1 saturated carbocycles. The van der Waals surface area contributed by atoms with Gasteiger partial charge in [-0.25, -0.2) is 0 Å². The molecule has 1 aromatic carbocycles. The number of aliphatic hydroxyl groups is 1. The predicted octanol–water partition coefficient (Wildman–Crippen LogP) is 3.12. The molecule has 0 heterocycles. The Morgan fingerprint density at radius 2 is 2.25 bits per heavy atom. The van der Waals surface area contributed by atoms with E-state index in [9.17, 15) is 5.11 Å². The van der Waals surface area contributed by atoms with Gasteiger partial charge in [0, 0.05) is 12.1 Å². The Kier molecular flexibility index (Phi) is 3.53. The first-order valence-corrected chi connectivity index (χ1v) is 6.06. The van der Waals surface area contributed by atoms with E-state index in [1.54, 1.807) is 7.11 Å². The molecule has 0 aromatic heterocycles. The van der Waals surface area contributed by atoms with Crippen molar-refractivity contribution >= 4 is 11.6 Å². The zero-order valence-corrected chi connectivity index (χ0v) is 10.2. The van der Waals surface area contributed by atoms with E-state index in [0.717, 1.165) is 31.2 Å². The first-order valence-electron chi connectivity index (χ1n) is 5.68. The molecule has 16 heavy (non-hydrogen) atoms. The maximum Gasteiger partial charge on any atom is 0.119 e. The van der Waals surface area contributed by atoms with E-state index in [0.29, 0.717) is 5.02 Å².